The van der Waals surface area contributed by atoms with Crippen molar-refractivity contribution in [2.75, 3.05) is 52.6 Å². The van der Waals surface area contributed by atoms with Crippen molar-refractivity contribution in [3.8, 4) is 0 Å². The second-order valence-corrected chi connectivity index (χ2v) is 3.51. The predicted octanol–water partition coefficient (Wildman–Crippen LogP) is -1.05. The average molecular weight is 230 g/mol. The Bertz CT molecular complexity index is 179. The van der Waals surface area contributed by atoms with Crippen molar-refractivity contribution in [3.05, 3.63) is 0 Å². The number of rotatable bonds is 2. The summed E-state index contributed by atoms with van der Waals surface area (Å²) in [5, 5.41) is 0. The van der Waals surface area contributed by atoms with E-state index in [9.17, 15) is 9.59 Å². The van der Waals surface area contributed by atoms with E-state index in [1.54, 1.807) is 9.80 Å². The molecule has 0 bridgehead atoms. The van der Waals surface area contributed by atoms with Crippen molar-refractivity contribution in [1.82, 2.24) is 9.80 Å². The Morgan fingerprint density at radius 3 is 1.19 bits per heavy atom. The summed E-state index contributed by atoms with van der Waals surface area (Å²) < 4.78 is 10.0. The number of hydrogen-bond acceptors (Lipinski definition) is 4. The first-order chi connectivity index (χ1) is 7.86. The monoisotopic (exact) mass is 230 g/mol. The van der Waals surface area contributed by atoms with Gasteiger partial charge < -0.3 is 19.3 Å². The molecule has 0 N–H and O–H groups in total. The van der Waals surface area contributed by atoms with Gasteiger partial charge in [-0.2, -0.15) is 0 Å². The van der Waals surface area contributed by atoms with Crippen LogP contribution in [0.4, 0.5) is 0 Å². The highest BCUT2D eigenvalue weighted by Crippen LogP contribution is 1.91. The predicted molar refractivity (Wildman–Crippen MR) is 56.9 cm³/mol. The van der Waals surface area contributed by atoms with Crippen LogP contribution in [0.3, 0.4) is 0 Å². The molecule has 0 spiro atoms. The van der Waals surface area contributed by atoms with Crippen LogP contribution in [0.1, 0.15) is 0 Å². The first kappa shape index (κ1) is 12.9. The van der Waals surface area contributed by atoms with Crippen LogP contribution in [-0.4, -0.2) is 75.2 Å². The van der Waals surface area contributed by atoms with Gasteiger partial charge in [0.15, 0.2) is 0 Å². The third-order valence-electron chi connectivity index (χ3n) is 2.39. The summed E-state index contributed by atoms with van der Waals surface area (Å²) in [5.74, 6) is 0. The number of carbonyl (C=O) groups is 2. The molecule has 0 aliphatic carbocycles. The van der Waals surface area contributed by atoms with Gasteiger partial charge >= 0.3 is 0 Å². The number of morpholine rings is 2. The quantitative estimate of drug-likeness (QED) is 0.568. The summed E-state index contributed by atoms with van der Waals surface area (Å²) >= 11 is 0. The summed E-state index contributed by atoms with van der Waals surface area (Å²) in [6.07, 6.45) is 1.73. The lowest BCUT2D eigenvalue weighted by molar-refractivity contribution is -0.122. The molecule has 0 atom stereocenters. The molecule has 0 aromatic carbocycles. The van der Waals surface area contributed by atoms with E-state index in [-0.39, 0.29) is 0 Å². The Hall–Kier alpha value is -1.14. The van der Waals surface area contributed by atoms with Gasteiger partial charge in [0, 0.05) is 26.2 Å². The van der Waals surface area contributed by atoms with Crippen molar-refractivity contribution >= 4 is 12.8 Å². The van der Waals surface area contributed by atoms with E-state index >= 15 is 0 Å². The highest BCUT2D eigenvalue weighted by atomic mass is 16.5. The maximum absolute atomic E-state index is 10.0. The molecule has 0 aromatic rings. The lowest BCUT2D eigenvalue weighted by Gasteiger charge is -2.21. The molecule has 6 heteroatoms. The largest absolute Gasteiger partial charge is 0.378 e. The normalized spacial score (nSPS) is 20.8. The van der Waals surface area contributed by atoms with Gasteiger partial charge in [0.05, 0.1) is 26.4 Å². The number of amides is 2. The minimum Gasteiger partial charge on any atom is -0.378 e. The van der Waals surface area contributed by atoms with Crippen LogP contribution in [-0.2, 0) is 19.1 Å². The van der Waals surface area contributed by atoms with E-state index in [0.717, 1.165) is 39.0 Å². The summed E-state index contributed by atoms with van der Waals surface area (Å²) in [6.45, 7) is 5.79. The van der Waals surface area contributed by atoms with E-state index < -0.39 is 0 Å². The van der Waals surface area contributed by atoms with Crippen LogP contribution >= 0.6 is 0 Å². The number of carbonyl (C=O) groups excluding carboxylic acids is 2. The molecule has 16 heavy (non-hydrogen) atoms. The fraction of sp³-hybridized carbons (Fsp3) is 0.800. The molecule has 2 amide bonds. The fourth-order valence-electron chi connectivity index (χ4n) is 1.37. The molecule has 0 saturated carbocycles. The van der Waals surface area contributed by atoms with Gasteiger partial charge in [0.1, 0.15) is 0 Å². The number of ether oxygens (including phenoxy) is 2. The van der Waals surface area contributed by atoms with Crippen molar-refractivity contribution in [2.24, 2.45) is 0 Å². The van der Waals surface area contributed by atoms with Crippen LogP contribution in [0.15, 0.2) is 0 Å². The zero-order valence-corrected chi connectivity index (χ0v) is 9.34. The Morgan fingerprint density at radius 2 is 1.00 bits per heavy atom. The van der Waals surface area contributed by atoms with Gasteiger partial charge in [-0.3, -0.25) is 9.59 Å². The zero-order chi connectivity index (χ0) is 11.6. The number of nitrogens with zero attached hydrogens (tertiary/aromatic N) is 2. The third-order valence-corrected chi connectivity index (χ3v) is 2.39. The van der Waals surface area contributed by atoms with Crippen LogP contribution in [0.2, 0.25) is 0 Å². The minimum atomic E-state index is 0.693. The summed E-state index contributed by atoms with van der Waals surface area (Å²) in [7, 11) is 0. The Labute approximate surface area is 95.1 Å². The molecule has 0 radical (unpaired) electrons. The van der Waals surface area contributed by atoms with Crippen LogP contribution in [0.25, 0.3) is 0 Å². The molecule has 2 rings (SSSR count). The molecule has 0 aromatic heterocycles. The molecule has 92 valence electrons. The zero-order valence-electron chi connectivity index (χ0n) is 9.34. The lowest BCUT2D eigenvalue weighted by Crippen LogP contribution is -2.34. The Morgan fingerprint density at radius 1 is 0.688 bits per heavy atom. The van der Waals surface area contributed by atoms with Crippen LogP contribution in [0, 0.1) is 0 Å². The molecule has 2 heterocycles. The SMILES string of the molecule is O=CN1CCOCC1.O=CN1CCOCC1. The topological polar surface area (TPSA) is 59.1 Å². The highest BCUT2D eigenvalue weighted by molar-refractivity contribution is 5.47. The standard InChI is InChI=1S/2C5H9NO2/c2*7-5-6-1-3-8-4-2-6/h2*5H,1-4H2. The van der Waals surface area contributed by atoms with Gasteiger partial charge in [-0.15, -0.1) is 0 Å². The van der Waals surface area contributed by atoms with Crippen LogP contribution < -0.4 is 0 Å². The second-order valence-electron chi connectivity index (χ2n) is 3.51. The summed E-state index contributed by atoms with van der Waals surface area (Å²) in [4.78, 5) is 23.5. The lowest BCUT2D eigenvalue weighted by atomic mass is 10.5. The molecular weight excluding hydrogens is 212 g/mol. The molecule has 2 aliphatic heterocycles. The minimum absolute atomic E-state index is 0.693. The van der Waals surface area contributed by atoms with E-state index in [0.29, 0.717) is 26.4 Å². The van der Waals surface area contributed by atoms with E-state index in [1.807, 2.05) is 0 Å². The van der Waals surface area contributed by atoms with Crippen molar-refractivity contribution in [1.29, 1.82) is 0 Å². The molecular formula is C10H18N2O4. The molecule has 6 nitrogen and oxygen atoms in total. The third kappa shape index (κ3) is 5.09. The second kappa shape index (κ2) is 8.06. The van der Waals surface area contributed by atoms with Gasteiger partial charge in [-0.25, -0.2) is 0 Å². The Kier molecular flexibility index (Phi) is 6.52. The summed E-state index contributed by atoms with van der Waals surface area (Å²) in [6, 6.07) is 0. The average Bonchev–Trinajstić information content (AvgIpc) is 2.41. The fourth-order valence-corrected chi connectivity index (χ4v) is 1.37. The maximum Gasteiger partial charge on any atom is 0.209 e. The highest BCUT2D eigenvalue weighted by Gasteiger charge is 2.05. The first-order valence-corrected chi connectivity index (χ1v) is 5.41. The van der Waals surface area contributed by atoms with Gasteiger partial charge in [0.25, 0.3) is 0 Å². The molecule has 2 fully saturated rings. The number of hydrogen-bond donors (Lipinski definition) is 0. The van der Waals surface area contributed by atoms with Gasteiger partial charge in [0.2, 0.25) is 12.8 Å². The summed E-state index contributed by atoms with van der Waals surface area (Å²) in [5.41, 5.74) is 0. The van der Waals surface area contributed by atoms with Crippen LogP contribution in [0.5, 0.6) is 0 Å². The molecule has 2 aliphatic rings. The van der Waals surface area contributed by atoms with Gasteiger partial charge in [-0.1, -0.05) is 0 Å². The maximum atomic E-state index is 10.0. The van der Waals surface area contributed by atoms with Crippen molar-refractivity contribution in [3.63, 3.8) is 0 Å². The first-order valence-electron chi connectivity index (χ1n) is 5.41. The van der Waals surface area contributed by atoms with Crippen molar-refractivity contribution in [2.45, 2.75) is 0 Å². The van der Waals surface area contributed by atoms with E-state index in [2.05, 4.69) is 0 Å². The van der Waals surface area contributed by atoms with E-state index in [4.69, 9.17) is 9.47 Å². The van der Waals surface area contributed by atoms with Crippen molar-refractivity contribution < 1.29 is 19.1 Å². The van der Waals surface area contributed by atoms with E-state index in [1.165, 1.54) is 0 Å². The molecule has 2 saturated heterocycles. The smallest absolute Gasteiger partial charge is 0.209 e. The van der Waals surface area contributed by atoms with Gasteiger partial charge in [-0.05, 0) is 0 Å². The Balaban J connectivity index is 0.000000160. The molecule has 0 unspecified atom stereocenters.